The number of rotatable bonds is 2. The van der Waals surface area contributed by atoms with Gasteiger partial charge in [0.1, 0.15) is 5.82 Å². The zero-order valence-corrected chi connectivity index (χ0v) is 13.7. The van der Waals surface area contributed by atoms with E-state index in [1.807, 2.05) is 27.7 Å². The summed E-state index contributed by atoms with van der Waals surface area (Å²) in [5.74, 6) is -0.344. The first kappa shape index (κ1) is 16.0. The maximum Gasteiger partial charge on any atom is 0.496 e. The number of halogens is 1. The average Bonchev–Trinajstić information content (AvgIpc) is 2.69. The summed E-state index contributed by atoms with van der Waals surface area (Å²) in [6.45, 7) is 7.90. The molecule has 0 N–H and O–H groups in total. The molecule has 0 atom stereocenters. The summed E-state index contributed by atoms with van der Waals surface area (Å²) in [7, 11) is -0.549. The Balaban J connectivity index is 1.99. The van der Waals surface area contributed by atoms with Crippen molar-refractivity contribution in [3.8, 4) is 5.69 Å². The third-order valence-corrected chi connectivity index (χ3v) is 4.56. The van der Waals surface area contributed by atoms with Gasteiger partial charge in [-0.1, -0.05) is 6.07 Å². The summed E-state index contributed by atoms with van der Waals surface area (Å²) < 4.78 is 26.5. The summed E-state index contributed by atoms with van der Waals surface area (Å²) in [5.41, 5.74) is 0.238. The first-order chi connectivity index (χ1) is 10.7. The van der Waals surface area contributed by atoms with Crippen LogP contribution in [-0.2, 0) is 9.31 Å². The summed E-state index contributed by atoms with van der Waals surface area (Å²) in [5, 5.41) is 0. The van der Waals surface area contributed by atoms with Crippen LogP contribution in [0.15, 0.2) is 47.4 Å². The molecule has 1 aliphatic heterocycles. The Morgan fingerprint density at radius 1 is 0.957 bits per heavy atom. The van der Waals surface area contributed by atoms with Crippen molar-refractivity contribution in [1.82, 2.24) is 4.57 Å². The fourth-order valence-electron chi connectivity index (χ4n) is 2.43. The molecule has 0 radical (unpaired) electrons. The number of nitrogens with zero attached hydrogens (tertiary/aromatic N) is 1. The topological polar surface area (TPSA) is 40.5 Å². The van der Waals surface area contributed by atoms with Gasteiger partial charge in [-0.2, -0.15) is 0 Å². The molecule has 0 amide bonds. The van der Waals surface area contributed by atoms with Gasteiger partial charge in [-0.05, 0) is 57.4 Å². The predicted octanol–water partition coefficient (Wildman–Crippen LogP) is 2.28. The van der Waals surface area contributed by atoms with E-state index in [2.05, 4.69) is 0 Å². The maximum atomic E-state index is 13.1. The minimum absolute atomic E-state index is 0.197. The van der Waals surface area contributed by atoms with Crippen LogP contribution in [0.2, 0.25) is 0 Å². The lowest BCUT2D eigenvalue weighted by Crippen LogP contribution is -2.41. The lowest BCUT2D eigenvalue weighted by Gasteiger charge is -2.32. The Labute approximate surface area is 135 Å². The predicted molar refractivity (Wildman–Crippen MR) is 87.7 cm³/mol. The van der Waals surface area contributed by atoms with E-state index in [0.717, 1.165) is 5.46 Å². The van der Waals surface area contributed by atoms with Gasteiger partial charge in [0.25, 0.3) is 5.56 Å². The van der Waals surface area contributed by atoms with E-state index < -0.39 is 18.3 Å². The second-order valence-electron chi connectivity index (χ2n) is 6.74. The zero-order chi connectivity index (χ0) is 16.8. The van der Waals surface area contributed by atoms with Gasteiger partial charge < -0.3 is 9.31 Å². The van der Waals surface area contributed by atoms with Gasteiger partial charge in [0.05, 0.1) is 11.2 Å². The van der Waals surface area contributed by atoms with Crippen LogP contribution in [0.25, 0.3) is 5.69 Å². The van der Waals surface area contributed by atoms with Crippen LogP contribution >= 0.6 is 0 Å². The fourth-order valence-corrected chi connectivity index (χ4v) is 2.43. The molecule has 1 aromatic heterocycles. The molecule has 23 heavy (non-hydrogen) atoms. The van der Waals surface area contributed by atoms with E-state index in [1.165, 1.54) is 22.8 Å². The van der Waals surface area contributed by atoms with Crippen molar-refractivity contribution in [3.63, 3.8) is 0 Å². The van der Waals surface area contributed by atoms with Crippen molar-refractivity contribution < 1.29 is 13.7 Å². The molecule has 0 spiro atoms. The number of aromatic nitrogens is 1. The summed E-state index contributed by atoms with van der Waals surface area (Å²) in [4.78, 5) is 12.1. The molecule has 1 aliphatic rings. The normalized spacial score (nSPS) is 19.1. The molecule has 0 bridgehead atoms. The Morgan fingerprint density at radius 3 is 2.09 bits per heavy atom. The number of benzene rings is 1. The molecule has 1 fully saturated rings. The standard InChI is InChI=1S/C17H19BFNO3/c1-16(2)17(3,4)23-18(22-16)12-5-10-15(21)20(11-12)14-8-6-13(19)7-9-14/h5-11H,1-4H3. The van der Waals surface area contributed by atoms with Gasteiger partial charge in [0.2, 0.25) is 0 Å². The Bertz CT molecular complexity index is 767. The van der Waals surface area contributed by atoms with E-state index in [4.69, 9.17) is 9.31 Å². The van der Waals surface area contributed by atoms with Crippen LogP contribution in [0.3, 0.4) is 0 Å². The molecular formula is C17H19BFNO3. The summed E-state index contributed by atoms with van der Waals surface area (Å²) in [6.07, 6.45) is 1.68. The Hall–Kier alpha value is -1.92. The third-order valence-electron chi connectivity index (χ3n) is 4.56. The number of pyridine rings is 1. The quantitative estimate of drug-likeness (QED) is 0.798. The fraction of sp³-hybridized carbons (Fsp3) is 0.353. The highest BCUT2D eigenvalue weighted by molar-refractivity contribution is 6.62. The highest BCUT2D eigenvalue weighted by atomic mass is 19.1. The van der Waals surface area contributed by atoms with Gasteiger partial charge in [0.15, 0.2) is 0 Å². The first-order valence-electron chi connectivity index (χ1n) is 7.54. The average molecular weight is 315 g/mol. The molecule has 3 rings (SSSR count). The maximum absolute atomic E-state index is 13.1. The van der Waals surface area contributed by atoms with Crippen molar-refractivity contribution in [2.45, 2.75) is 38.9 Å². The molecule has 0 unspecified atom stereocenters. The van der Waals surface area contributed by atoms with Crippen LogP contribution < -0.4 is 11.0 Å². The molecule has 1 saturated heterocycles. The van der Waals surface area contributed by atoms with Crippen molar-refractivity contribution in [1.29, 1.82) is 0 Å². The lowest BCUT2D eigenvalue weighted by atomic mass is 9.80. The Morgan fingerprint density at radius 2 is 1.52 bits per heavy atom. The minimum Gasteiger partial charge on any atom is -0.399 e. The zero-order valence-electron chi connectivity index (χ0n) is 13.7. The van der Waals surface area contributed by atoms with Gasteiger partial charge in [0, 0.05) is 18.0 Å². The Kier molecular flexibility index (Phi) is 3.69. The minimum atomic E-state index is -0.549. The van der Waals surface area contributed by atoms with E-state index >= 15 is 0 Å². The summed E-state index contributed by atoms with van der Waals surface area (Å²) in [6, 6.07) is 8.93. The van der Waals surface area contributed by atoms with Crippen molar-refractivity contribution in [3.05, 3.63) is 58.8 Å². The van der Waals surface area contributed by atoms with Crippen molar-refractivity contribution >= 4 is 12.6 Å². The third kappa shape index (κ3) is 2.84. The highest BCUT2D eigenvalue weighted by Gasteiger charge is 2.51. The van der Waals surface area contributed by atoms with Crippen LogP contribution in [-0.4, -0.2) is 22.9 Å². The van der Waals surface area contributed by atoms with Gasteiger partial charge in [-0.3, -0.25) is 9.36 Å². The van der Waals surface area contributed by atoms with Gasteiger partial charge >= 0.3 is 7.12 Å². The molecular weight excluding hydrogens is 296 g/mol. The van der Waals surface area contributed by atoms with Crippen molar-refractivity contribution in [2.24, 2.45) is 0 Å². The second-order valence-corrected chi connectivity index (χ2v) is 6.74. The largest absolute Gasteiger partial charge is 0.496 e. The molecule has 2 aromatic rings. The highest BCUT2D eigenvalue weighted by Crippen LogP contribution is 2.36. The van der Waals surface area contributed by atoms with E-state index in [1.54, 1.807) is 24.4 Å². The van der Waals surface area contributed by atoms with E-state index in [-0.39, 0.29) is 11.4 Å². The molecule has 2 heterocycles. The van der Waals surface area contributed by atoms with Crippen LogP contribution in [0.1, 0.15) is 27.7 Å². The van der Waals surface area contributed by atoms with Crippen LogP contribution in [0, 0.1) is 5.82 Å². The van der Waals surface area contributed by atoms with Crippen LogP contribution in [0.4, 0.5) is 4.39 Å². The monoisotopic (exact) mass is 315 g/mol. The van der Waals surface area contributed by atoms with E-state index in [0.29, 0.717) is 5.69 Å². The lowest BCUT2D eigenvalue weighted by molar-refractivity contribution is 0.00578. The first-order valence-corrected chi connectivity index (χ1v) is 7.54. The molecule has 4 nitrogen and oxygen atoms in total. The second kappa shape index (κ2) is 5.32. The molecule has 120 valence electrons. The van der Waals surface area contributed by atoms with Gasteiger partial charge in [-0.25, -0.2) is 4.39 Å². The summed E-state index contributed by atoms with van der Waals surface area (Å²) >= 11 is 0. The van der Waals surface area contributed by atoms with Gasteiger partial charge in [-0.15, -0.1) is 0 Å². The number of hydrogen-bond donors (Lipinski definition) is 0. The number of hydrogen-bond acceptors (Lipinski definition) is 3. The molecule has 6 heteroatoms. The molecule has 0 aliphatic carbocycles. The smallest absolute Gasteiger partial charge is 0.399 e. The van der Waals surface area contributed by atoms with E-state index in [9.17, 15) is 9.18 Å². The molecule has 0 saturated carbocycles. The van der Waals surface area contributed by atoms with Crippen LogP contribution in [0.5, 0.6) is 0 Å². The SMILES string of the molecule is CC1(C)OB(c2ccc(=O)n(-c3ccc(F)cc3)c2)OC1(C)C. The van der Waals surface area contributed by atoms with Crippen molar-refractivity contribution in [2.75, 3.05) is 0 Å². The molecule has 1 aromatic carbocycles.